The SMILES string of the molecule is O=c1[nH]c2cc(Cl)c(-c3ccc(-c4ccc(-c5cncn5CCO)cc4)cc3)nc2[nH]1. The summed E-state index contributed by atoms with van der Waals surface area (Å²) in [6.45, 7) is 0.581. The van der Waals surface area contributed by atoms with Crippen LogP contribution in [0.2, 0.25) is 5.02 Å². The van der Waals surface area contributed by atoms with Crippen LogP contribution in [-0.2, 0) is 6.54 Å². The zero-order chi connectivity index (χ0) is 21.4. The third-order valence-electron chi connectivity index (χ3n) is 5.18. The van der Waals surface area contributed by atoms with Crippen molar-refractivity contribution in [1.29, 1.82) is 0 Å². The maximum atomic E-state index is 11.5. The highest BCUT2D eigenvalue weighted by molar-refractivity contribution is 6.33. The number of imidazole rings is 2. The number of aromatic amines is 2. The lowest BCUT2D eigenvalue weighted by Crippen LogP contribution is -2.02. The molecule has 0 radical (unpaired) electrons. The largest absolute Gasteiger partial charge is 0.395 e. The molecule has 2 aromatic carbocycles. The van der Waals surface area contributed by atoms with Gasteiger partial charge in [-0.3, -0.25) is 4.98 Å². The minimum atomic E-state index is -0.311. The summed E-state index contributed by atoms with van der Waals surface area (Å²) in [6, 6.07) is 17.9. The van der Waals surface area contributed by atoms with Gasteiger partial charge in [-0.2, -0.15) is 0 Å². The molecule has 3 N–H and O–H groups in total. The van der Waals surface area contributed by atoms with E-state index in [0.717, 1.165) is 27.9 Å². The molecule has 0 fully saturated rings. The van der Waals surface area contributed by atoms with Gasteiger partial charge in [0.15, 0.2) is 5.65 Å². The number of aliphatic hydroxyl groups excluding tert-OH is 1. The van der Waals surface area contributed by atoms with Crippen LogP contribution in [0, 0.1) is 0 Å². The number of hydrogen-bond acceptors (Lipinski definition) is 4. The minimum absolute atomic E-state index is 0.0692. The van der Waals surface area contributed by atoms with Crippen molar-refractivity contribution in [2.45, 2.75) is 6.54 Å². The van der Waals surface area contributed by atoms with Crippen LogP contribution in [0.5, 0.6) is 0 Å². The Morgan fingerprint density at radius 2 is 1.58 bits per heavy atom. The van der Waals surface area contributed by atoms with Gasteiger partial charge in [-0.15, -0.1) is 0 Å². The minimum Gasteiger partial charge on any atom is -0.395 e. The highest BCUT2D eigenvalue weighted by Gasteiger charge is 2.11. The predicted molar refractivity (Wildman–Crippen MR) is 121 cm³/mol. The van der Waals surface area contributed by atoms with Crippen LogP contribution in [0.15, 0.2) is 71.9 Å². The van der Waals surface area contributed by atoms with Gasteiger partial charge in [-0.05, 0) is 22.8 Å². The third kappa shape index (κ3) is 3.65. The Bertz CT molecular complexity index is 1420. The fraction of sp³-hybridized carbons (Fsp3) is 0.0870. The summed E-state index contributed by atoms with van der Waals surface area (Å²) >= 11 is 6.38. The van der Waals surface area contributed by atoms with Gasteiger partial charge < -0.3 is 14.7 Å². The van der Waals surface area contributed by atoms with Crippen LogP contribution >= 0.6 is 11.6 Å². The normalized spacial score (nSPS) is 11.3. The van der Waals surface area contributed by atoms with E-state index in [0.29, 0.717) is 28.4 Å². The lowest BCUT2D eigenvalue weighted by Gasteiger charge is -2.09. The molecule has 0 aliphatic rings. The molecule has 0 aliphatic heterocycles. The Kier molecular flexibility index (Phi) is 4.89. The van der Waals surface area contributed by atoms with Gasteiger partial charge in [0.05, 0.1) is 41.1 Å². The van der Waals surface area contributed by atoms with E-state index in [2.05, 4.69) is 32.1 Å². The van der Waals surface area contributed by atoms with Crippen molar-refractivity contribution in [3.63, 3.8) is 0 Å². The number of fused-ring (bicyclic) bond motifs is 1. The molecule has 0 saturated carbocycles. The number of benzene rings is 2. The molecule has 31 heavy (non-hydrogen) atoms. The number of nitrogens with one attached hydrogen (secondary N) is 2. The fourth-order valence-corrected chi connectivity index (χ4v) is 3.90. The zero-order valence-electron chi connectivity index (χ0n) is 16.3. The van der Waals surface area contributed by atoms with Crippen LogP contribution < -0.4 is 5.69 Å². The average molecular weight is 432 g/mol. The Hall–Kier alpha value is -3.68. The van der Waals surface area contributed by atoms with E-state index in [4.69, 9.17) is 11.6 Å². The van der Waals surface area contributed by atoms with E-state index in [1.807, 2.05) is 41.0 Å². The van der Waals surface area contributed by atoms with Crippen molar-refractivity contribution in [3.8, 4) is 33.6 Å². The Balaban J connectivity index is 1.43. The molecule has 154 valence electrons. The van der Waals surface area contributed by atoms with Crippen LogP contribution in [0.25, 0.3) is 44.8 Å². The molecular formula is C23H18ClN5O2. The van der Waals surface area contributed by atoms with Crippen LogP contribution in [0.4, 0.5) is 0 Å². The summed E-state index contributed by atoms with van der Waals surface area (Å²) < 4.78 is 1.93. The summed E-state index contributed by atoms with van der Waals surface area (Å²) in [5, 5.41) is 9.67. The molecule has 0 bridgehead atoms. The second-order valence-corrected chi connectivity index (χ2v) is 7.55. The van der Waals surface area contributed by atoms with Gasteiger partial charge in [0.1, 0.15) is 0 Å². The predicted octanol–water partition coefficient (Wildman–Crippen LogP) is 4.09. The first kappa shape index (κ1) is 19.3. The van der Waals surface area contributed by atoms with E-state index >= 15 is 0 Å². The van der Waals surface area contributed by atoms with E-state index in [9.17, 15) is 9.90 Å². The maximum Gasteiger partial charge on any atom is 0.325 e. The molecule has 0 unspecified atom stereocenters. The monoisotopic (exact) mass is 431 g/mol. The Morgan fingerprint density at radius 3 is 2.26 bits per heavy atom. The molecule has 0 atom stereocenters. The quantitative estimate of drug-likeness (QED) is 0.390. The number of H-pyrrole nitrogens is 2. The van der Waals surface area contributed by atoms with Crippen molar-refractivity contribution in [2.75, 3.05) is 6.61 Å². The number of halogens is 1. The number of aromatic nitrogens is 5. The van der Waals surface area contributed by atoms with Gasteiger partial charge in [0.2, 0.25) is 0 Å². The molecule has 0 saturated heterocycles. The topological polar surface area (TPSA) is 99.6 Å². The Morgan fingerprint density at radius 1 is 0.935 bits per heavy atom. The van der Waals surface area contributed by atoms with Crippen molar-refractivity contribution in [3.05, 3.63) is 82.6 Å². The molecule has 5 aromatic rings. The standard InChI is InChI=1S/C23H18ClN5O2/c24-18-11-19-22(28-23(31)26-19)27-21(18)17-7-3-15(4-8-17)14-1-5-16(6-2-14)20-12-25-13-29(20)9-10-30/h1-8,11-13,30H,9-10H2,(H2,26,27,28,31). The summed E-state index contributed by atoms with van der Waals surface area (Å²) in [4.78, 5) is 25.5. The van der Waals surface area contributed by atoms with Crippen molar-refractivity contribution < 1.29 is 5.11 Å². The fourth-order valence-electron chi connectivity index (χ4n) is 3.64. The highest BCUT2D eigenvalue weighted by atomic mass is 35.5. The van der Waals surface area contributed by atoms with Gasteiger partial charge in [0.25, 0.3) is 0 Å². The molecule has 0 amide bonds. The smallest absolute Gasteiger partial charge is 0.325 e. The summed E-state index contributed by atoms with van der Waals surface area (Å²) in [5.41, 5.74) is 6.37. The number of aliphatic hydroxyl groups is 1. The van der Waals surface area contributed by atoms with Crippen LogP contribution in [-0.4, -0.2) is 36.2 Å². The first-order valence-corrected chi connectivity index (χ1v) is 10.1. The molecule has 7 nitrogen and oxygen atoms in total. The van der Waals surface area contributed by atoms with E-state index in [1.165, 1.54) is 0 Å². The molecule has 3 heterocycles. The zero-order valence-corrected chi connectivity index (χ0v) is 17.1. The number of nitrogens with zero attached hydrogens (tertiary/aromatic N) is 3. The first-order chi connectivity index (χ1) is 15.1. The molecule has 3 aromatic heterocycles. The van der Waals surface area contributed by atoms with Crippen molar-refractivity contribution in [1.82, 2.24) is 24.5 Å². The average Bonchev–Trinajstić information content (AvgIpc) is 3.39. The van der Waals surface area contributed by atoms with Gasteiger partial charge >= 0.3 is 5.69 Å². The first-order valence-electron chi connectivity index (χ1n) is 9.73. The molecule has 5 rings (SSSR count). The maximum absolute atomic E-state index is 11.5. The number of rotatable bonds is 5. The summed E-state index contributed by atoms with van der Waals surface area (Å²) in [7, 11) is 0. The second kappa shape index (κ2) is 7.86. The highest BCUT2D eigenvalue weighted by Crippen LogP contribution is 2.30. The van der Waals surface area contributed by atoms with Crippen molar-refractivity contribution in [2.24, 2.45) is 0 Å². The third-order valence-corrected chi connectivity index (χ3v) is 5.47. The second-order valence-electron chi connectivity index (χ2n) is 7.14. The van der Waals surface area contributed by atoms with E-state index in [-0.39, 0.29) is 12.3 Å². The molecule has 0 spiro atoms. The lowest BCUT2D eigenvalue weighted by atomic mass is 10.0. The summed E-state index contributed by atoms with van der Waals surface area (Å²) in [6.07, 6.45) is 3.52. The lowest BCUT2D eigenvalue weighted by molar-refractivity contribution is 0.276. The Labute approximate surface area is 182 Å². The van der Waals surface area contributed by atoms with Crippen molar-refractivity contribution >= 4 is 22.8 Å². The number of pyridine rings is 1. The van der Waals surface area contributed by atoms with Crippen LogP contribution in [0.1, 0.15) is 0 Å². The molecular weight excluding hydrogens is 414 g/mol. The number of hydrogen-bond donors (Lipinski definition) is 3. The van der Waals surface area contributed by atoms with Gasteiger partial charge in [0, 0.05) is 12.1 Å². The van der Waals surface area contributed by atoms with E-state index in [1.54, 1.807) is 18.6 Å². The summed E-state index contributed by atoms with van der Waals surface area (Å²) in [5.74, 6) is 0. The molecule has 8 heteroatoms. The van der Waals surface area contributed by atoms with E-state index < -0.39 is 0 Å². The molecule has 0 aliphatic carbocycles. The van der Waals surface area contributed by atoms with Gasteiger partial charge in [-0.25, -0.2) is 14.8 Å². The van der Waals surface area contributed by atoms with Gasteiger partial charge in [-0.1, -0.05) is 60.1 Å². The van der Waals surface area contributed by atoms with Crippen LogP contribution in [0.3, 0.4) is 0 Å².